The van der Waals surface area contributed by atoms with Gasteiger partial charge in [0.05, 0.1) is 4.90 Å². The second kappa shape index (κ2) is 6.78. The molecule has 0 fully saturated rings. The average Bonchev–Trinajstić information content (AvgIpc) is 3.02. The minimum atomic E-state index is -3.69. The molecule has 0 spiro atoms. The Hall–Kier alpha value is -2.51. The fourth-order valence-corrected chi connectivity index (χ4v) is 3.57. The van der Waals surface area contributed by atoms with Crippen LogP contribution in [-0.2, 0) is 16.6 Å². The maximum atomic E-state index is 13.3. The number of sulfonamides is 1. The molecule has 0 radical (unpaired) electrons. The van der Waals surface area contributed by atoms with Crippen molar-refractivity contribution in [2.75, 3.05) is 0 Å². The molecule has 0 aliphatic carbocycles. The lowest BCUT2D eigenvalue weighted by molar-refractivity contribution is 0.579. The first-order valence-corrected chi connectivity index (χ1v) is 9.20. The molecular weight excluding hydrogens is 341 g/mol. The molecule has 3 rings (SSSR count). The Morgan fingerprint density at radius 2 is 1.84 bits per heavy atom. The zero-order chi connectivity index (χ0) is 18.0. The highest BCUT2D eigenvalue weighted by atomic mass is 32.2. The fraction of sp³-hybridized carbons (Fsp3) is 0.167. The molecule has 0 aliphatic heterocycles. The number of nitrogens with one attached hydrogen (secondary N) is 1. The minimum Gasteiger partial charge on any atom is -0.304 e. The predicted molar refractivity (Wildman–Crippen MR) is 93.5 cm³/mol. The SMILES string of the molecule is Cc1cc(S(=O)(=O)NCc2ccc(-n3ccnc3C)cc2)ccc1F. The van der Waals surface area contributed by atoms with Crippen molar-refractivity contribution in [2.45, 2.75) is 25.3 Å². The van der Waals surface area contributed by atoms with Crippen molar-refractivity contribution in [3.63, 3.8) is 0 Å². The minimum absolute atomic E-state index is 0.0528. The highest BCUT2D eigenvalue weighted by Gasteiger charge is 2.15. The molecule has 25 heavy (non-hydrogen) atoms. The van der Waals surface area contributed by atoms with E-state index in [1.807, 2.05) is 42.0 Å². The van der Waals surface area contributed by atoms with E-state index in [9.17, 15) is 12.8 Å². The summed E-state index contributed by atoms with van der Waals surface area (Å²) in [5.74, 6) is 0.449. The van der Waals surface area contributed by atoms with E-state index in [0.29, 0.717) is 5.56 Å². The topological polar surface area (TPSA) is 64.0 Å². The number of hydrogen-bond donors (Lipinski definition) is 1. The molecule has 130 valence electrons. The standard InChI is InChI=1S/C18H18FN3O2S/c1-13-11-17(7-8-18(13)19)25(23,24)21-12-15-3-5-16(6-4-15)22-10-9-20-14(22)2/h3-11,21H,12H2,1-2H3. The fourth-order valence-electron chi connectivity index (χ4n) is 2.47. The molecule has 7 heteroatoms. The van der Waals surface area contributed by atoms with E-state index in [1.165, 1.54) is 19.1 Å². The number of imidazole rings is 1. The summed E-state index contributed by atoms with van der Waals surface area (Å²) in [5, 5.41) is 0. The van der Waals surface area contributed by atoms with Crippen LogP contribution in [0.5, 0.6) is 0 Å². The van der Waals surface area contributed by atoms with E-state index in [2.05, 4.69) is 9.71 Å². The van der Waals surface area contributed by atoms with Crippen LogP contribution in [0.1, 0.15) is 17.0 Å². The van der Waals surface area contributed by atoms with E-state index < -0.39 is 15.8 Å². The predicted octanol–water partition coefficient (Wildman–Crippen LogP) is 3.11. The summed E-state index contributed by atoms with van der Waals surface area (Å²) < 4.78 is 42.4. The molecule has 0 atom stereocenters. The van der Waals surface area contributed by atoms with Crippen LogP contribution < -0.4 is 4.72 Å². The van der Waals surface area contributed by atoms with Crippen LogP contribution in [0.3, 0.4) is 0 Å². The third kappa shape index (κ3) is 3.78. The molecule has 3 aromatic rings. The first-order chi connectivity index (χ1) is 11.9. The maximum Gasteiger partial charge on any atom is 0.240 e. The van der Waals surface area contributed by atoms with Gasteiger partial charge in [-0.25, -0.2) is 22.5 Å². The summed E-state index contributed by atoms with van der Waals surface area (Å²) in [6.07, 6.45) is 3.59. The van der Waals surface area contributed by atoms with Gasteiger partial charge in [0.15, 0.2) is 0 Å². The van der Waals surface area contributed by atoms with Gasteiger partial charge in [-0.2, -0.15) is 0 Å². The zero-order valence-electron chi connectivity index (χ0n) is 13.9. The second-order valence-electron chi connectivity index (χ2n) is 5.75. The number of aromatic nitrogens is 2. The van der Waals surface area contributed by atoms with Crippen molar-refractivity contribution in [2.24, 2.45) is 0 Å². The summed E-state index contributed by atoms with van der Waals surface area (Å²) in [4.78, 5) is 4.23. The van der Waals surface area contributed by atoms with Gasteiger partial charge in [-0.05, 0) is 55.3 Å². The summed E-state index contributed by atoms with van der Waals surface area (Å²) in [6, 6.07) is 11.3. The van der Waals surface area contributed by atoms with E-state index in [-0.39, 0.29) is 11.4 Å². The third-order valence-electron chi connectivity index (χ3n) is 3.95. The first kappa shape index (κ1) is 17.3. The Morgan fingerprint density at radius 1 is 1.12 bits per heavy atom. The lowest BCUT2D eigenvalue weighted by Gasteiger charge is -2.09. The van der Waals surface area contributed by atoms with Crippen LogP contribution in [0.4, 0.5) is 4.39 Å². The van der Waals surface area contributed by atoms with Gasteiger partial charge in [-0.1, -0.05) is 12.1 Å². The van der Waals surface area contributed by atoms with Gasteiger partial charge in [0.25, 0.3) is 0 Å². The van der Waals surface area contributed by atoms with E-state index >= 15 is 0 Å². The smallest absolute Gasteiger partial charge is 0.240 e. The van der Waals surface area contributed by atoms with Crippen LogP contribution in [-0.4, -0.2) is 18.0 Å². The van der Waals surface area contributed by atoms with E-state index in [4.69, 9.17) is 0 Å². The summed E-state index contributed by atoms with van der Waals surface area (Å²) in [7, 11) is -3.69. The quantitative estimate of drug-likeness (QED) is 0.761. The molecule has 5 nitrogen and oxygen atoms in total. The highest BCUT2D eigenvalue weighted by molar-refractivity contribution is 7.89. The first-order valence-electron chi connectivity index (χ1n) is 7.72. The molecule has 0 amide bonds. The van der Waals surface area contributed by atoms with Crippen molar-refractivity contribution < 1.29 is 12.8 Å². The van der Waals surface area contributed by atoms with Crippen molar-refractivity contribution in [3.8, 4) is 5.69 Å². The Kier molecular flexibility index (Phi) is 4.69. The second-order valence-corrected chi connectivity index (χ2v) is 7.51. The van der Waals surface area contributed by atoms with Crippen LogP contribution in [0.2, 0.25) is 0 Å². The normalized spacial score (nSPS) is 11.6. The number of nitrogens with zero attached hydrogens (tertiary/aromatic N) is 2. The van der Waals surface area contributed by atoms with Crippen molar-refractivity contribution in [3.05, 3.63) is 77.6 Å². The van der Waals surface area contributed by atoms with Gasteiger partial charge in [-0.3, -0.25) is 0 Å². The van der Waals surface area contributed by atoms with Crippen molar-refractivity contribution in [1.29, 1.82) is 0 Å². The molecule has 0 saturated carbocycles. The van der Waals surface area contributed by atoms with Gasteiger partial charge >= 0.3 is 0 Å². The largest absolute Gasteiger partial charge is 0.304 e. The van der Waals surface area contributed by atoms with Gasteiger partial charge in [0.1, 0.15) is 11.6 Å². The molecule has 1 N–H and O–H groups in total. The van der Waals surface area contributed by atoms with Crippen LogP contribution in [0.25, 0.3) is 5.69 Å². The van der Waals surface area contributed by atoms with E-state index in [0.717, 1.165) is 23.1 Å². The van der Waals surface area contributed by atoms with Gasteiger partial charge < -0.3 is 4.57 Å². The Morgan fingerprint density at radius 3 is 2.44 bits per heavy atom. The van der Waals surface area contributed by atoms with Crippen LogP contribution in [0.15, 0.2) is 59.8 Å². The van der Waals surface area contributed by atoms with Gasteiger partial charge in [-0.15, -0.1) is 0 Å². The number of aryl methyl sites for hydroxylation is 2. The highest BCUT2D eigenvalue weighted by Crippen LogP contribution is 2.15. The summed E-state index contributed by atoms with van der Waals surface area (Å²) in [6.45, 7) is 3.60. The molecule has 2 aromatic carbocycles. The molecule has 1 heterocycles. The van der Waals surface area contributed by atoms with Crippen LogP contribution >= 0.6 is 0 Å². The Balaban J connectivity index is 1.72. The molecule has 0 bridgehead atoms. The lowest BCUT2D eigenvalue weighted by Crippen LogP contribution is -2.23. The molecule has 0 unspecified atom stereocenters. The third-order valence-corrected chi connectivity index (χ3v) is 5.35. The van der Waals surface area contributed by atoms with Crippen molar-refractivity contribution >= 4 is 10.0 Å². The molecule has 0 saturated heterocycles. The van der Waals surface area contributed by atoms with Gasteiger partial charge in [0.2, 0.25) is 10.0 Å². The monoisotopic (exact) mass is 359 g/mol. The average molecular weight is 359 g/mol. The molecular formula is C18H18FN3O2S. The number of halogens is 1. The molecule has 0 aliphatic rings. The van der Waals surface area contributed by atoms with Crippen LogP contribution in [0, 0.1) is 19.7 Å². The van der Waals surface area contributed by atoms with Crippen molar-refractivity contribution in [1.82, 2.24) is 14.3 Å². The maximum absolute atomic E-state index is 13.3. The summed E-state index contributed by atoms with van der Waals surface area (Å²) >= 11 is 0. The van der Waals surface area contributed by atoms with E-state index in [1.54, 1.807) is 6.20 Å². The molecule has 1 aromatic heterocycles. The lowest BCUT2D eigenvalue weighted by atomic mass is 10.2. The van der Waals surface area contributed by atoms with Gasteiger partial charge in [0, 0.05) is 24.6 Å². The number of hydrogen-bond acceptors (Lipinski definition) is 3. The zero-order valence-corrected chi connectivity index (χ0v) is 14.7. The number of rotatable bonds is 5. The Bertz CT molecular complexity index is 995. The Labute approximate surface area is 146 Å². The summed E-state index contributed by atoms with van der Waals surface area (Å²) in [5.41, 5.74) is 2.07. The number of benzene rings is 2.